The van der Waals surface area contributed by atoms with Gasteiger partial charge in [-0.1, -0.05) is 6.07 Å². The quantitative estimate of drug-likeness (QED) is 0.828. The maximum absolute atomic E-state index is 12.7. The normalized spacial score (nSPS) is 12.0. The van der Waals surface area contributed by atoms with Crippen molar-refractivity contribution >= 4 is 5.52 Å². The Kier molecular flexibility index (Phi) is 2.66. The zero-order chi connectivity index (χ0) is 12.6. The fourth-order valence-corrected chi connectivity index (χ4v) is 1.67. The van der Waals surface area contributed by atoms with E-state index < -0.39 is 17.3 Å². The summed E-state index contributed by atoms with van der Waals surface area (Å²) >= 11 is 0. The van der Waals surface area contributed by atoms with Crippen LogP contribution in [0.15, 0.2) is 35.3 Å². The van der Waals surface area contributed by atoms with E-state index in [1.54, 1.807) is 0 Å². The third-order valence-corrected chi connectivity index (χ3v) is 2.49. The number of nitrogens with two attached hydrogens (primary N) is 1. The summed E-state index contributed by atoms with van der Waals surface area (Å²) in [5.41, 5.74) is 4.09. The third kappa shape index (κ3) is 1.91. The molecule has 0 bridgehead atoms. The average Bonchev–Trinajstić information content (AvgIpc) is 2.28. The van der Waals surface area contributed by atoms with E-state index in [4.69, 9.17) is 5.73 Å². The van der Waals surface area contributed by atoms with Gasteiger partial charge in [0.2, 0.25) is 0 Å². The van der Waals surface area contributed by atoms with Crippen LogP contribution in [-0.4, -0.2) is 4.40 Å². The molecule has 0 atom stereocenters. The van der Waals surface area contributed by atoms with Crippen LogP contribution in [0, 0.1) is 0 Å². The summed E-state index contributed by atoms with van der Waals surface area (Å²) in [6.45, 7) is -0.00197. The number of pyridine rings is 2. The smallest absolute Gasteiger partial charge is 0.326 e. The minimum atomic E-state index is -4.48. The van der Waals surface area contributed by atoms with Gasteiger partial charge >= 0.3 is 6.18 Å². The summed E-state index contributed by atoms with van der Waals surface area (Å²) < 4.78 is 39.0. The molecule has 2 N–H and O–H groups in total. The molecule has 0 aromatic carbocycles. The van der Waals surface area contributed by atoms with Gasteiger partial charge in [-0.2, -0.15) is 13.2 Å². The van der Waals surface area contributed by atoms with Gasteiger partial charge in [0.15, 0.2) is 0 Å². The molecule has 0 spiro atoms. The van der Waals surface area contributed by atoms with E-state index in [2.05, 4.69) is 0 Å². The summed E-state index contributed by atoms with van der Waals surface area (Å²) in [6.07, 6.45) is -3.19. The average molecular weight is 242 g/mol. The Morgan fingerprint density at radius 2 is 1.94 bits per heavy atom. The summed E-state index contributed by atoms with van der Waals surface area (Å²) in [5, 5.41) is 0. The van der Waals surface area contributed by atoms with Crippen LogP contribution >= 0.6 is 0 Å². The van der Waals surface area contributed by atoms with Gasteiger partial charge in [0.05, 0.1) is 11.1 Å². The maximum Gasteiger partial charge on any atom is 0.418 e. The summed E-state index contributed by atoms with van der Waals surface area (Å²) in [4.78, 5) is 11.8. The highest BCUT2D eigenvalue weighted by atomic mass is 19.4. The second kappa shape index (κ2) is 3.89. The molecule has 6 heteroatoms. The fourth-order valence-electron chi connectivity index (χ4n) is 1.67. The number of fused-ring (bicyclic) bond motifs is 1. The van der Waals surface area contributed by atoms with E-state index in [0.29, 0.717) is 0 Å². The first-order valence-corrected chi connectivity index (χ1v) is 4.85. The highest BCUT2D eigenvalue weighted by Gasteiger charge is 2.32. The molecule has 0 unspecified atom stereocenters. The van der Waals surface area contributed by atoms with Gasteiger partial charge in [-0.05, 0) is 18.2 Å². The number of hydrogen-bond acceptors (Lipinski definition) is 2. The molecule has 0 aliphatic heterocycles. The molecule has 2 aromatic rings. The standard InChI is InChI=1S/C11H9F3N2O/c12-11(13,14)8-2-1-5-16-9(8)4-3-7(6-15)10(16)17/h1-5H,6,15H2. The van der Waals surface area contributed by atoms with Gasteiger partial charge in [0.25, 0.3) is 5.56 Å². The summed E-state index contributed by atoms with van der Waals surface area (Å²) in [7, 11) is 0. The first-order valence-electron chi connectivity index (χ1n) is 4.85. The van der Waals surface area contributed by atoms with E-state index in [0.717, 1.165) is 10.5 Å². The number of nitrogens with zero attached hydrogens (tertiary/aromatic N) is 1. The number of hydrogen-bond donors (Lipinski definition) is 1. The van der Waals surface area contributed by atoms with Crippen LogP contribution in [0.5, 0.6) is 0 Å². The highest BCUT2D eigenvalue weighted by molar-refractivity contribution is 5.56. The van der Waals surface area contributed by atoms with Crippen molar-refractivity contribution in [1.29, 1.82) is 0 Å². The van der Waals surface area contributed by atoms with Gasteiger partial charge < -0.3 is 5.73 Å². The molecule has 0 saturated carbocycles. The Morgan fingerprint density at radius 3 is 2.53 bits per heavy atom. The van der Waals surface area contributed by atoms with Gasteiger partial charge in [0.1, 0.15) is 0 Å². The Labute approximate surface area is 94.3 Å². The molecule has 0 saturated heterocycles. The van der Waals surface area contributed by atoms with Crippen LogP contribution in [0.2, 0.25) is 0 Å². The minimum Gasteiger partial charge on any atom is -0.326 e. The van der Waals surface area contributed by atoms with Crippen molar-refractivity contribution in [3.05, 3.63) is 51.9 Å². The predicted octanol–water partition coefficient (Wildman–Crippen LogP) is 1.78. The lowest BCUT2D eigenvalue weighted by Crippen LogP contribution is -2.22. The van der Waals surface area contributed by atoms with Crippen LogP contribution in [-0.2, 0) is 12.7 Å². The van der Waals surface area contributed by atoms with Crippen molar-refractivity contribution in [2.24, 2.45) is 5.73 Å². The summed E-state index contributed by atoms with van der Waals surface area (Å²) in [5.74, 6) is 0. The molecular formula is C11H9F3N2O. The molecule has 90 valence electrons. The predicted molar refractivity (Wildman–Crippen MR) is 56.6 cm³/mol. The highest BCUT2D eigenvalue weighted by Crippen LogP contribution is 2.31. The molecule has 2 rings (SSSR count). The minimum absolute atomic E-state index is 0.00197. The Bertz CT molecular complexity index is 616. The fraction of sp³-hybridized carbons (Fsp3) is 0.182. The van der Waals surface area contributed by atoms with E-state index in [-0.39, 0.29) is 17.6 Å². The Balaban J connectivity index is 2.85. The monoisotopic (exact) mass is 242 g/mol. The lowest BCUT2D eigenvalue weighted by molar-refractivity contribution is -0.136. The van der Waals surface area contributed by atoms with Gasteiger partial charge in [0, 0.05) is 18.3 Å². The van der Waals surface area contributed by atoms with E-state index in [1.165, 1.54) is 24.4 Å². The molecule has 0 aliphatic rings. The van der Waals surface area contributed by atoms with Crippen molar-refractivity contribution in [2.75, 3.05) is 0 Å². The largest absolute Gasteiger partial charge is 0.418 e. The van der Waals surface area contributed by atoms with Crippen LogP contribution in [0.3, 0.4) is 0 Å². The molecule has 0 amide bonds. The SMILES string of the molecule is NCc1ccc2c(C(F)(F)F)cccn2c1=O. The van der Waals surface area contributed by atoms with Gasteiger partial charge in [-0.3, -0.25) is 9.20 Å². The van der Waals surface area contributed by atoms with Crippen LogP contribution in [0.1, 0.15) is 11.1 Å². The Morgan fingerprint density at radius 1 is 1.24 bits per heavy atom. The van der Waals surface area contributed by atoms with E-state index in [9.17, 15) is 18.0 Å². The van der Waals surface area contributed by atoms with Crippen molar-refractivity contribution in [3.63, 3.8) is 0 Å². The molecule has 0 fully saturated rings. The van der Waals surface area contributed by atoms with Crippen molar-refractivity contribution in [1.82, 2.24) is 4.40 Å². The Hall–Kier alpha value is -1.82. The second-order valence-electron chi connectivity index (χ2n) is 3.54. The number of halogens is 3. The van der Waals surface area contributed by atoms with Crippen LogP contribution in [0.4, 0.5) is 13.2 Å². The topological polar surface area (TPSA) is 47.5 Å². The van der Waals surface area contributed by atoms with E-state index >= 15 is 0 Å². The first kappa shape index (κ1) is 11.7. The molecule has 2 aromatic heterocycles. The molecular weight excluding hydrogens is 233 g/mol. The van der Waals surface area contributed by atoms with Gasteiger partial charge in [-0.15, -0.1) is 0 Å². The summed E-state index contributed by atoms with van der Waals surface area (Å²) in [6, 6.07) is 4.72. The van der Waals surface area contributed by atoms with Crippen molar-refractivity contribution in [2.45, 2.75) is 12.7 Å². The van der Waals surface area contributed by atoms with Gasteiger partial charge in [-0.25, -0.2) is 0 Å². The third-order valence-electron chi connectivity index (χ3n) is 2.49. The van der Waals surface area contributed by atoms with Crippen LogP contribution in [0.25, 0.3) is 5.52 Å². The first-order chi connectivity index (χ1) is 7.95. The molecule has 0 radical (unpaired) electrons. The van der Waals surface area contributed by atoms with E-state index in [1.807, 2.05) is 0 Å². The van der Waals surface area contributed by atoms with Crippen LogP contribution < -0.4 is 11.3 Å². The number of aromatic nitrogens is 1. The van der Waals surface area contributed by atoms with Crippen molar-refractivity contribution in [3.8, 4) is 0 Å². The zero-order valence-corrected chi connectivity index (χ0v) is 8.66. The maximum atomic E-state index is 12.7. The zero-order valence-electron chi connectivity index (χ0n) is 8.66. The lowest BCUT2D eigenvalue weighted by atomic mass is 10.1. The second-order valence-corrected chi connectivity index (χ2v) is 3.54. The number of rotatable bonds is 1. The molecule has 3 nitrogen and oxygen atoms in total. The molecule has 17 heavy (non-hydrogen) atoms. The molecule has 2 heterocycles. The molecule has 0 aliphatic carbocycles. The number of alkyl halides is 3. The lowest BCUT2D eigenvalue weighted by Gasteiger charge is -2.11. The van der Waals surface area contributed by atoms with Crippen molar-refractivity contribution < 1.29 is 13.2 Å².